The van der Waals surface area contributed by atoms with Crippen LogP contribution in [0.25, 0.3) is 0 Å². The topological polar surface area (TPSA) is 36.4 Å². The summed E-state index contributed by atoms with van der Waals surface area (Å²) in [6.07, 6.45) is 1.92. The van der Waals surface area contributed by atoms with E-state index in [9.17, 15) is 4.79 Å². The van der Waals surface area contributed by atoms with E-state index in [-0.39, 0.29) is 5.91 Å². The molecule has 2 aliphatic rings. The first-order valence-corrected chi connectivity index (χ1v) is 7.16. The van der Waals surface area contributed by atoms with E-state index >= 15 is 0 Å². The molecule has 0 saturated carbocycles. The number of pyridine rings is 1. The molecule has 1 aromatic heterocycles. The van der Waals surface area contributed by atoms with E-state index in [1.165, 1.54) is 6.42 Å². The van der Waals surface area contributed by atoms with Crippen LogP contribution in [0.3, 0.4) is 0 Å². The molecule has 0 aliphatic carbocycles. The second kappa shape index (κ2) is 4.93. The predicted molar refractivity (Wildman–Crippen MR) is 75.3 cm³/mol. The highest BCUT2D eigenvalue weighted by molar-refractivity contribution is 5.95. The molecule has 0 aromatic carbocycles. The van der Waals surface area contributed by atoms with Gasteiger partial charge in [-0.05, 0) is 37.6 Å². The van der Waals surface area contributed by atoms with Crippen molar-refractivity contribution < 1.29 is 4.79 Å². The summed E-state index contributed by atoms with van der Waals surface area (Å²) in [5.41, 5.74) is 1.05. The van der Waals surface area contributed by atoms with Gasteiger partial charge in [-0.2, -0.15) is 0 Å². The number of anilines is 1. The highest BCUT2D eigenvalue weighted by atomic mass is 16.2. The van der Waals surface area contributed by atoms with Gasteiger partial charge in [0.1, 0.15) is 5.82 Å². The lowest BCUT2D eigenvalue weighted by Crippen LogP contribution is -2.46. The van der Waals surface area contributed by atoms with Crippen LogP contribution in [0.4, 0.5) is 5.82 Å². The van der Waals surface area contributed by atoms with Crippen molar-refractivity contribution in [2.75, 3.05) is 24.5 Å². The molecule has 3 heterocycles. The second-order valence-corrected chi connectivity index (χ2v) is 5.83. The Morgan fingerprint density at radius 2 is 2.11 bits per heavy atom. The number of rotatable bonds is 3. The summed E-state index contributed by atoms with van der Waals surface area (Å²) in [6, 6.07) is 6.37. The van der Waals surface area contributed by atoms with E-state index in [0.717, 1.165) is 31.1 Å². The van der Waals surface area contributed by atoms with E-state index in [0.29, 0.717) is 18.4 Å². The molecule has 3 rings (SSSR count). The number of likely N-dealkylation sites (tertiary alicyclic amines) is 1. The highest BCUT2D eigenvalue weighted by Gasteiger charge is 2.36. The fraction of sp³-hybridized carbons (Fsp3) is 0.600. The first-order valence-electron chi connectivity index (χ1n) is 7.16. The summed E-state index contributed by atoms with van der Waals surface area (Å²) in [4.78, 5) is 21.1. The molecular weight excluding hydrogens is 238 g/mol. The van der Waals surface area contributed by atoms with Crippen molar-refractivity contribution in [3.63, 3.8) is 0 Å². The minimum Gasteiger partial charge on any atom is -0.298 e. The fourth-order valence-electron chi connectivity index (χ4n) is 2.77. The third-order valence-corrected chi connectivity index (χ3v) is 4.14. The van der Waals surface area contributed by atoms with E-state index in [1.54, 1.807) is 0 Å². The molecule has 19 heavy (non-hydrogen) atoms. The molecule has 0 bridgehead atoms. The van der Waals surface area contributed by atoms with Gasteiger partial charge in [0.25, 0.3) is 0 Å². The van der Waals surface area contributed by atoms with Crippen molar-refractivity contribution in [3.05, 3.63) is 23.9 Å². The van der Waals surface area contributed by atoms with Crippen LogP contribution in [-0.2, 0) is 4.79 Å². The van der Waals surface area contributed by atoms with Gasteiger partial charge in [-0.3, -0.25) is 14.6 Å². The number of carbonyl (C=O) groups excluding carboxylic acids is 1. The Bertz CT molecular complexity index is 482. The van der Waals surface area contributed by atoms with Gasteiger partial charge in [0, 0.05) is 24.7 Å². The quantitative estimate of drug-likeness (QED) is 0.833. The van der Waals surface area contributed by atoms with Crippen LogP contribution in [-0.4, -0.2) is 41.5 Å². The molecule has 2 saturated heterocycles. The Labute approximate surface area is 114 Å². The summed E-state index contributed by atoms with van der Waals surface area (Å²) in [5.74, 6) is 1.42. The third-order valence-electron chi connectivity index (χ3n) is 4.14. The van der Waals surface area contributed by atoms with E-state index in [4.69, 9.17) is 0 Å². The lowest BCUT2D eigenvalue weighted by Gasteiger charge is -2.35. The number of aromatic nitrogens is 1. The van der Waals surface area contributed by atoms with Crippen LogP contribution < -0.4 is 4.90 Å². The Hall–Kier alpha value is -1.42. The molecule has 2 aliphatic heterocycles. The smallest absolute Gasteiger partial charge is 0.229 e. The van der Waals surface area contributed by atoms with E-state index in [2.05, 4.69) is 23.7 Å². The lowest BCUT2D eigenvalue weighted by molar-refractivity contribution is -0.117. The van der Waals surface area contributed by atoms with Crippen LogP contribution in [0.1, 0.15) is 38.3 Å². The van der Waals surface area contributed by atoms with Crippen molar-refractivity contribution >= 4 is 11.7 Å². The van der Waals surface area contributed by atoms with Crippen molar-refractivity contribution in [1.29, 1.82) is 0 Å². The van der Waals surface area contributed by atoms with Gasteiger partial charge < -0.3 is 0 Å². The summed E-state index contributed by atoms with van der Waals surface area (Å²) >= 11 is 0. The van der Waals surface area contributed by atoms with E-state index in [1.807, 2.05) is 23.1 Å². The standard InChI is InChI=1S/C15H21N3O/c1-11(2)13-5-3-6-14(16-13)18-10-12(9-15(18)19)17-7-4-8-17/h3,5-6,11-12H,4,7-10H2,1-2H3/t12-/m0/s1. The molecule has 1 atom stereocenters. The predicted octanol–water partition coefficient (Wildman–Crippen LogP) is 2.02. The van der Waals surface area contributed by atoms with Crippen LogP contribution in [0.15, 0.2) is 18.2 Å². The van der Waals surface area contributed by atoms with Crippen molar-refractivity contribution in [3.8, 4) is 0 Å². The molecule has 0 spiro atoms. The Kier molecular flexibility index (Phi) is 3.27. The number of hydrogen-bond acceptors (Lipinski definition) is 3. The van der Waals surface area contributed by atoms with Crippen LogP contribution >= 0.6 is 0 Å². The van der Waals surface area contributed by atoms with Gasteiger partial charge in [0.15, 0.2) is 0 Å². The molecule has 4 heteroatoms. The zero-order valence-corrected chi connectivity index (χ0v) is 11.7. The average Bonchev–Trinajstić information content (AvgIpc) is 2.69. The maximum absolute atomic E-state index is 12.2. The Balaban J connectivity index is 1.78. The molecule has 102 valence electrons. The number of amides is 1. The van der Waals surface area contributed by atoms with Crippen molar-refractivity contribution in [1.82, 2.24) is 9.88 Å². The Morgan fingerprint density at radius 1 is 1.32 bits per heavy atom. The lowest BCUT2D eigenvalue weighted by atomic mass is 10.1. The highest BCUT2D eigenvalue weighted by Crippen LogP contribution is 2.26. The second-order valence-electron chi connectivity index (χ2n) is 5.83. The van der Waals surface area contributed by atoms with Gasteiger partial charge in [0.2, 0.25) is 5.91 Å². The summed E-state index contributed by atoms with van der Waals surface area (Å²) < 4.78 is 0. The maximum atomic E-state index is 12.2. The van der Waals surface area contributed by atoms with Gasteiger partial charge >= 0.3 is 0 Å². The van der Waals surface area contributed by atoms with Gasteiger partial charge in [0.05, 0.1) is 0 Å². The number of hydrogen-bond donors (Lipinski definition) is 0. The first kappa shape index (κ1) is 12.6. The monoisotopic (exact) mass is 259 g/mol. The molecule has 0 N–H and O–H groups in total. The third kappa shape index (κ3) is 2.37. The molecule has 1 aromatic rings. The summed E-state index contributed by atoms with van der Waals surface area (Å²) in [5, 5.41) is 0. The van der Waals surface area contributed by atoms with Gasteiger partial charge in [-0.15, -0.1) is 0 Å². The van der Waals surface area contributed by atoms with Crippen LogP contribution in [0.5, 0.6) is 0 Å². The zero-order chi connectivity index (χ0) is 13.4. The fourth-order valence-corrected chi connectivity index (χ4v) is 2.77. The SMILES string of the molecule is CC(C)c1cccc(N2C[C@@H](N3CCC3)CC2=O)n1. The van der Waals surface area contributed by atoms with Crippen LogP contribution in [0, 0.1) is 0 Å². The summed E-state index contributed by atoms with van der Waals surface area (Å²) in [7, 11) is 0. The average molecular weight is 259 g/mol. The minimum absolute atomic E-state index is 0.213. The zero-order valence-electron chi connectivity index (χ0n) is 11.7. The summed E-state index contributed by atoms with van der Waals surface area (Å²) in [6.45, 7) is 7.34. The molecule has 4 nitrogen and oxygen atoms in total. The number of carbonyl (C=O) groups is 1. The van der Waals surface area contributed by atoms with Crippen LogP contribution in [0.2, 0.25) is 0 Å². The molecule has 0 unspecified atom stereocenters. The van der Waals surface area contributed by atoms with E-state index < -0.39 is 0 Å². The largest absolute Gasteiger partial charge is 0.298 e. The minimum atomic E-state index is 0.213. The van der Waals surface area contributed by atoms with Gasteiger partial charge in [-0.1, -0.05) is 19.9 Å². The molecule has 1 amide bonds. The first-order chi connectivity index (χ1) is 9.15. The maximum Gasteiger partial charge on any atom is 0.229 e. The molecular formula is C15H21N3O. The Morgan fingerprint density at radius 3 is 2.74 bits per heavy atom. The van der Waals surface area contributed by atoms with Gasteiger partial charge in [-0.25, -0.2) is 4.98 Å². The van der Waals surface area contributed by atoms with Crippen molar-refractivity contribution in [2.45, 2.75) is 38.6 Å². The number of nitrogens with zero attached hydrogens (tertiary/aromatic N) is 3. The molecule has 2 fully saturated rings. The molecule has 0 radical (unpaired) electrons. The normalized spacial score (nSPS) is 24.1. The van der Waals surface area contributed by atoms with Crippen molar-refractivity contribution in [2.24, 2.45) is 0 Å².